The van der Waals surface area contributed by atoms with Crippen molar-refractivity contribution in [2.75, 3.05) is 0 Å². The van der Waals surface area contributed by atoms with Crippen LogP contribution in [0.3, 0.4) is 0 Å². The number of hydrogen-bond donors (Lipinski definition) is 0. The molecule has 2 aromatic rings. The second kappa shape index (κ2) is 7.21. The molecule has 0 aromatic heterocycles. The molecule has 8 heteroatoms. The standard InChI is InChI=1S/C15H12Cl2O5S/c16-12-7-6-11(9-13(12)17)23(20,21)22-14-4-2-1-3-10(14)5-8-15(18)19/h1-4,6-7,9H,5,8H2,(H,18,19)/p-1. The molecule has 5 nitrogen and oxygen atoms in total. The Kier molecular flexibility index (Phi) is 5.51. The molecular weight excluding hydrogens is 363 g/mol. The van der Waals surface area contributed by atoms with Gasteiger partial charge in [-0.15, -0.1) is 0 Å². The first-order chi connectivity index (χ1) is 10.8. The molecule has 23 heavy (non-hydrogen) atoms. The fourth-order valence-corrected chi connectivity index (χ4v) is 3.18. The average Bonchev–Trinajstić information content (AvgIpc) is 2.48. The lowest BCUT2D eigenvalue weighted by molar-refractivity contribution is -0.305. The van der Waals surface area contributed by atoms with E-state index in [0.29, 0.717) is 5.56 Å². The lowest BCUT2D eigenvalue weighted by Crippen LogP contribution is -2.22. The van der Waals surface area contributed by atoms with E-state index in [1.807, 2.05) is 0 Å². The van der Waals surface area contributed by atoms with Crippen LogP contribution in [0.5, 0.6) is 5.75 Å². The van der Waals surface area contributed by atoms with Crippen LogP contribution in [0.1, 0.15) is 12.0 Å². The third-order valence-electron chi connectivity index (χ3n) is 2.95. The van der Waals surface area contributed by atoms with Crippen LogP contribution in [0.4, 0.5) is 0 Å². The summed E-state index contributed by atoms with van der Waals surface area (Å²) in [7, 11) is -4.12. The van der Waals surface area contributed by atoms with Crippen molar-refractivity contribution in [3.05, 3.63) is 58.1 Å². The number of aryl methyl sites for hydroxylation is 1. The van der Waals surface area contributed by atoms with Crippen molar-refractivity contribution < 1.29 is 22.5 Å². The summed E-state index contributed by atoms with van der Waals surface area (Å²) in [6.07, 6.45) is -0.150. The van der Waals surface area contributed by atoms with Crippen LogP contribution in [0.2, 0.25) is 10.0 Å². The van der Waals surface area contributed by atoms with Crippen molar-refractivity contribution in [1.82, 2.24) is 0 Å². The SMILES string of the molecule is O=C([O-])CCc1ccccc1OS(=O)(=O)c1ccc(Cl)c(Cl)c1. The highest BCUT2D eigenvalue weighted by molar-refractivity contribution is 7.87. The first kappa shape index (κ1) is 17.6. The summed E-state index contributed by atoms with van der Waals surface area (Å²) < 4.78 is 29.7. The quantitative estimate of drug-likeness (QED) is 0.726. The summed E-state index contributed by atoms with van der Waals surface area (Å²) in [5, 5.41) is 10.9. The molecule has 0 saturated carbocycles. The van der Waals surface area contributed by atoms with E-state index < -0.39 is 16.1 Å². The lowest BCUT2D eigenvalue weighted by Gasteiger charge is -2.12. The summed E-state index contributed by atoms with van der Waals surface area (Å²) in [5.41, 5.74) is 0.445. The number of rotatable bonds is 6. The Morgan fingerprint density at radius 2 is 1.78 bits per heavy atom. The summed E-state index contributed by atoms with van der Waals surface area (Å²) in [6, 6.07) is 10.1. The Bertz CT molecular complexity index is 834. The molecule has 2 aromatic carbocycles. The van der Waals surface area contributed by atoms with Crippen molar-refractivity contribution in [3.63, 3.8) is 0 Å². The molecule has 0 aliphatic rings. The van der Waals surface area contributed by atoms with E-state index in [9.17, 15) is 18.3 Å². The molecule has 2 rings (SSSR count). The van der Waals surface area contributed by atoms with Gasteiger partial charge in [-0.25, -0.2) is 0 Å². The summed E-state index contributed by atoms with van der Waals surface area (Å²) >= 11 is 11.6. The maximum absolute atomic E-state index is 12.3. The zero-order valence-electron chi connectivity index (χ0n) is 11.7. The van der Waals surface area contributed by atoms with Gasteiger partial charge in [0, 0.05) is 5.97 Å². The third-order valence-corrected chi connectivity index (χ3v) is 4.92. The zero-order valence-corrected chi connectivity index (χ0v) is 14.0. The molecule has 0 amide bonds. The summed E-state index contributed by atoms with van der Waals surface area (Å²) in [5.74, 6) is -1.17. The van der Waals surface area contributed by atoms with E-state index in [1.165, 1.54) is 24.3 Å². The van der Waals surface area contributed by atoms with Crippen molar-refractivity contribution in [3.8, 4) is 5.75 Å². The van der Waals surface area contributed by atoms with Crippen LogP contribution in [-0.2, 0) is 21.3 Å². The topological polar surface area (TPSA) is 83.5 Å². The summed E-state index contributed by atoms with van der Waals surface area (Å²) in [6.45, 7) is 0. The second-order valence-corrected chi connectivity index (χ2v) is 6.95. The smallest absolute Gasteiger partial charge is 0.339 e. The molecule has 0 atom stereocenters. The fourth-order valence-electron chi connectivity index (χ4n) is 1.83. The fraction of sp³-hybridized carbons (Fsp3) is 0.133. The van der Waals surface area contributed by atoms with Crippen molar-refractivity contribution >= 4 is 39.3 Å². The second-order valence-electron chi connectivity index (χ2n) is 4.59. The molecular formula is C15H11Cl2O5S-. The molecule has 0 aliphatic heterocycles. The zero-order chi connectivity index (χ0) is 17.0. The van der Waals surface area contributed by atoms with E-state index in [4.69, 9.17) is 27.4 Å². The van der Waals surface area contributed by atoms with Crippen molar-refractivity contribution in [1.29, 1.82) is 0 Å². The van der Waals surface area contributed by atoms with E-state index in [0.717, 1.165) is 0 Å². The largest absolute Gasteiger partial charge is 0.550 e. The van der Waals surface area contributed by atoms with Gasteiger partial charge in [-0.3, -0.25) is 0 Å². The van der Waals surface area contributed by atoms with Crippen molar-refractivity contribution in [2.24, 2.45) is 0 Å². The lowest BCUT2D eigenvalue weighted by atomic mass is 10.1. The minimum Gasteiger partial charge on any atom is -0.550 e. The number of halogens is 2. The van der Waals surface area contributed by atoms with E-state index in [-0.39, 0.29) is 33.5 Å². The number of para-hydroxylation sites is 1. The Hall–Kier alpha value is -1.76. The van der Waals surface area contributed by atoms with Gasteiger partial charge < -0.3 is 14.1 Å². The highest BCUT2D eigenvalue weighted by Crippen LogP contribution is 2.28. The van der Waals surface area contributed by atoms with Crippen LogP contribution >= 0.6 is 23.2 Å². The minimum absolute atomic E-state index is 0.0554. The maximum Gasteiger partial charge on any atom is 0.339 e. The van der Waals surface area contributed by atoms with E-state index in [1.54, 1.807) is 18.2 Å². The normalized spacial score (nSPS) is 11.2. The average molecular weight is 374 g/mol. The van der Waals surface area contributed by atoms with Gasteiger partial charge in [0.15, 0.2) is 0 Å². The third kappa shape index (κ3) is 4.60. The molecule has 0 unspecified atom stereocenters. The molecule has 0 radical (unpaired) electrons. The molecule has 0 heterocycles. The van der Waals surface area contributed by atoms with Gasteiger partial charge >= 0.3 is 10.1 Å². The van der Waals surface area contributed by atoms with Crippen LogP contribution in [-0.4, -0.2) is 14.4 Å². The molecule has 0 saturated heterocycles. The van der Waals surface area contributed by atoms with Crippen molar-refractivity contribution in [2.45, 2.75) is 17.7 Å². The van der Waals surface area contributed by atoms with Crippen LogP contribution in [0.25, 0.3) is 0 Å². The number of benzene rings is 2. The maximum atomic E-state index is 12.3. The monoisotopic (exact) mass is 373 g/mol. The van der Waals surface area contributed by atoms with Gasteiger partial charge in [0.05, 0.1) is 10.0 Å². The number of aliphatic carboxylic acids is 1. The van der Waals surface area contributed by atoms with Gasteiger partial charge in [0.2, 0.25) is 0 Å². The molecule has 122 valence electrons. The molecule has 0 fully saturated rings. The Labute approximate surface area is 143 Å². The molecule has 0 N–H and O–H groups in total. The number of carboxylic acids is 1. The van der Waals surface area contributed by atoms with Crippen LogP contribution in [0, 0.1) is 0 Å². The predicted octanol–water partition coefficient (Wildman–Crippen LogP) is 2.44. The minimum atomic E-state index is -4.12. The van der Waals surface area contributed by atoms with Gasteiger partial charge in [-0.1, -0.05) is 41.4 Å². The Morgan fingerprint density at radius 1 is 1.09 bits per heavy atom. The Morgan fingerprint density at radius 3 is 2.43 bits per heavy atom. The number of carboxylic acid groups (broad SMARTS) is 1. The van der Waals surface area contributed by atoms with E-state index in [2.05, 4.69) is 0 Å². The van der Waals surface area contributed by atoms with Gasteiger partial charge in [-0.2, -0.15) is 8.42 Å². The van der Waals surface area contributed by atoms with Gasteiger partial charge in [0.1, 0.15) is 10.6 Å². The number of carbonyl (C=O) groups excluding carboxylic acids is 1. The first-order valence-electron chi connectivity index (χ1n) is 6.47. The first-order valence-corrected chi connectivity index (χ1v) is 8.63. The van der Waals surface area contributed by atoms with Crippen LogP contribution < -0.4 is 9.29 Å². The van der Waals surface area contributed by atoms with Crippen LogP contribution in [0.15, 0.2) is 47.4 Å². The Balaban J connectivity index is 2.30. The number of hydrogen-bond acceptors (Lipinski definition) is 5. The highest BCUT2D eigenvalue weighted by atomic mass is 35.5. The summed E-state index contributed by atoms with van der Waals surface area (Å²) in [4.78, 5) is 10.4. The number of carbonyl (C=O) groups is 1. The van der Waals surface area contributed by atoms with Gasteiger partial charge in [-0.05, 0) is 42.7 Å². The molecule has 0 aliphatic carbocycles. The predicted molar refractivity (Wildman–Crippen MR) is 84.0 cm³/mol. The molecule has 0 spiro atoms. The van der Waals surface area contributed by atoms with E-state index >= 15 is 0 Å². The highest BCUT2D eigenvalue weighted by Gasteiger charge is 2.19. The molecule has 0 bridgehead atoms. The van der Waals surface area contributed by atoms with Gasteiger partial charge in [0.25, 0.3) is 0 Å².